The summed E-state index contributed by atoms with van der Waals surface area (Å²) in [7, 11) is 0. The standard InChI is InChI=1S/C19H22Cl2N4O3S/c1-12-4-5-14(7-16(12)29-24-6-2-3-13(9-24)11-26)23-17(27)10-25-19(28)18(21)15(20)8-22-25/h4-5,7-8,13,26H,2-3,6,9-11H2,1H3,(H,23,27). The van der Waals surface area contributed by atoms with Crippen molar-refractivity contribution in [3.8, 4) is 0 Å². The number of hydrogen-bond acceptors (Lipinski definition) is 6. The zero-order valence-corrected chi connectivity index (χ0v) is 18.2. The topological polar surface area (TPSA) is 87.5 Å². The number of piperidine rings is 1. The minimum Gasteiger partial charge on any atom is -0.396 e. The molecule has 1 aliphatic rings. The quantitative estimate of drug-likeness (QED) is 0.648. The average Bonchev–Trinajstić information content (AvgIpc) is 2.71. The van der Waals surface area contributed by atoms with Crippen LogP contribution in [0, 0.1) is 12.8 Å². The molecule has 7 nitrogen and oxygen atoms in total. The van der Waals surface area contributed by atoms with Crippen LogP contribution in [-0.2, 0) is 11.3 Å². The summed E-state index contributed by atoms with van der Waals surface area (Å²) in [5.41, 5.74) is 1.12. The molecule has 2 N–H and O–H groups in total. The van der Waals surface area contributed by atoms with Gasteiger partial charge in [-0.15, -0.1) is 0 Å². The minimum atomic E-state index is -0.613. The van der Waals surface area contributed by atoms with Crippen molar-refractivity contribution in [1.29, 1.82) is 0 Å². The summed E-state index contributed by atoms with van der Waals surface area (Å²) in [5.74, 6) is -0.0902. The number of rotatable bonds is 6. The van der Waals surface area contributed by atoms with Crippen LogP contribution < -0.4 is 10.9 Å². The van der Waals surface area contributed by atoms with Gasteiger partial charge in [0.05, 0.1) is 11.2 Å². The van der Waals surface area contributed by atoms with Gasteiger partial charge in [-0.2, -0.15) is 5.10 Å². The predicted octanol–water partition coefficient (Wildman–Crippen LogP) is 3.21. The van der Waals surface area contributed by atoms with Gasteiger partial charge in [-0.1, -0.05) is 29.3 Å². The molecule has 1 fully saturated rings. The number of halogens is 2. The molecule has 0 radical (unpaired) electrons. The number of aliphatic hydroxyl groups excluding tert-OH is 1. The Morgan fingerprint density at radius 2 is 2.21 bits per heavy atom. The Morgan fingerprint density at radius 1 is 1.41 bits per heavy atom. The number of hydrogen-bond donors (Lipinski definition) is 2. The molecule has 0 spiro atoms. The van der Waals surface area contributed by atoms with Crippen molar-refractivity contribution in [1.82, 2.24) is 14.1 Å². The molecule has 0 aliphatic carbocycles. The number of amides is 1. The number of nitrogens with zero attached hydrogens (tertiary/aromatic N) is 3. The number of carbonyl (C=O) groups is 1. The molecule has 1 amide bonds. The van der Waals surface area contributed by atoms with Gasteiger partial charge in [-0.05, 0) is 55.3 Å². The van der Waals surface area contributed by atoms with Gasteiger partial charge in [0.15, 0.2) is 0 Å². The highest BCUT2D eigenvalue weighted by Gasteiger charge is 2.20. The van der Waals surface area contributed by atoms with Gasteiger partial charge in [0.1, 0.15) is 11.6 Å². The SMILES string of the molecule is Cc1ccc(NC(=O)Cn2ncc(Cl)c(Cl)c2=O)cc1SN1CCCC(CO)C1. The average molecular weight is 457 g/mol. The molecule has 1 saturated heterocycles. The van der Waals surface area contributed by atoms with Crippen LogP contribution in [0.25, 0.3) is 0 Å². The normalized spacial score (nSPS) is 17.3. The Morgan fingerprint density at radius 3 is 2.97 bits per heavy atom. The first-order chi connectivity index (χ1) is 13.9. The van der Waals surface area contributed by atoms with Crippen LogP contribution in [0.4, 0.5) is 5.69 Å². The second-order valence-corrected chi connectivity index (χ2v) is 8.89. The van der Waals surface area contributed by atoms with E-state index in [1.807, 2.05) is 25.1 Å². The molecule has 0 saturated carbocycles. The molecule has 1 atom stereocenters. The van der Waals surface area contributed by atoms with Crippen LogP contribution in [0.5, 0.6) is 0 Å². The zero-order chi connectivity index (χ0) is 21.0. The molecule has 1 aromatic carbocycles. The van der Waals surface area contributed by atoms with Gasteiger partial charge >= 0.3 is 0 Å². The number of aliphatic hydroxyl groups is 1. The third kappa shape index (κ3) is 5.73. The fraction of sp³-hybridized carbons (Fsp3) is 0.421. The Labute approximate surface area is 183 Å². The number of aryl methyl sites for hydroxylation is 1. The van der Waals surface area contributed by atoms with Gasteiger partial charge in [-0.3, -0.25) is 9.59 Å². The number of anilines is 1. The summed E-state index contributed by atoms with van der Waals surface area (Å²) in [6, 6.07) is 5.66. The van der Waals surface area contributed by atoms with E-state index in [2.05, 4.69) is 14.7 Å². The maximum Gasteiger partial charge on any atom is 0.287 e. The highest BCUT2D eigenvalue weighted by atomic mass is 35.5. The van der Waals surface area contributed by atoms with Crippen LogP contribution in [0.2, 0.25) is 10.0 Å². The van der Waals surface area contributed by atoms with Crippen LogP contribution in [-0.4, -0.2) is 44.8 Å². The largest absolute Gasteiger partial charge is 0.396 e. The van der Waals surface area contributed by atoms with E-state index in [9.17, 15) is 14.7 Å². The van der Waals surface area contributed by atoms with Crippen LogP contribution in [0.15, 0.2) is 34.1 Å². The van der Waals surface area contributed by atoms with Crippen molar-refractivity contribution < 1.29 is 9.90 Å². The molecule has 2 aromatic rings. The first-order valence-electron chi connectivity index (χ1n) is 9.22. The monoisotopic (exact) mass is 456 g/mol. The minimum absolute atomic E-state index is 0.0506. The van der Waals surface area contributed by atoms with E-state index in [4.69, 9.17) is 23.2 Å². The van der Waals surface area contributed by atoms with E-state index in [0.29, 0.717) is 11.6 Å². The summed E-state index contributed by atoms with van der Waals surface area (Å²) in [5, 5.41) is 15.9. The maximum absolute atomic E-state index is 12.4. The summed E-state index contributed by atoms with van der Waals surface area (Å²) in [4.78, 5) is 25.4. The molecule has 1 aliphatic heterocycles. The van der Waals surface area contributed by atoms with E-state index < -0.39 is 11.5 Å². The van der Waals surface area contributed by atoms with Crippen molar-refractivity contribution in [2.24, 2.45) is 5.92 Å². The second-order valence-electron chi connectivity index (χ2n) is 6.97. The number of carbonyl (C=O) groups excluding carboxylic acids is 1. The fourth-order valence-corrected chi connectivity index (χ4v) is 4.51. The molecule has 156 valence electrons. The van der Waals surface area contributed by atoms with Crippen LogP contribution in [0.1, 0.15) is 18.4 Å². The highest BCUT2D eigenvalue weighted by Crippen LogP contribution is 2.32. The van der Waals surface area contributed by atoms with Gasteiger partial charge in [0.25, 0.3) is 5.56 Å². The lowest BCUT2D eigenvalue weighted by atomic mass is 10.0. The molecular formula is C19H22Cl2N4O3S. The Bertz CT molecular complexity index is 954. The van der Waals surface area contributed by atoms with Crippen molar-refractivity contribution in [3.63, 3.8) is 0 Å². The molecular weight excluding hydrogens is 435 g/mol. The Balaban J connectivity index is 1.67. The van der Waals surface area contributed by atoms with Crippen molar-refractivity contribution >= 4 is 46.7 Å². The summed E-state index contributed by atoms with van der Waals surface area (Å²) >= 11 is 13.2. The number of benzene rings is 1. The lowest BCUT2D eigenvalue weighted by Crippen LogP contribution is -2.32. The molecule has 29 heavy (non-hydrogen) atoms. The predicted molar refractivity (Wildman–Crippen MR) is 116 cm³/mol. The first kappa shape index (κ1) is 22.1. The van der Waals surface area contributed by atoms with E-state index in [1.54, 1.807) is 11.9 Å². The highest BCUT2D eigenvalue weighted by molar-refractivity contribution is 7.97. The van der Waals surface area contributed by atoms with E-state index in [1.165, 1.54) is 6.20 Å². The van der Waals surface area contributed by atoms with Crippen LogP contribution in [0.3, 0.4) is 0 Å². The van der Waals surface area contributed by atoms with Gasteiger partial charge < -0.3 is 10.4 Å². The lowest BCUT2D eigenvalue weighted by molar-refractivity contribution is -0.117. The lowest BCUT2D eigenvalue weighted by Gasteiger charge is -2.31. The van der Waals surface area contributed by atoms with Crippen molar-refractivity contribution in [2.45, 2.75) is 31.2 Å². The third-order valence-corrected chi connectivity index (χ3v) is 6.65. The van der Waals surface area contributed by atoms with Crippen LogP contribution >= 0.6 is 35.1 Å². The smallest absolute Gasteiger partial charge is 0.287 e. The number of aromatic nitrogens is 2. The van der Waals surface area contributed by atoms with E-state index in [0.717, 1.165) is 41.1 Å². The molecule has 3 rings (SSSR count). The zero-order valence-electron chi connectivity index (χ0n) is 15.9. The van der Waals surface area contributed by atoms with Gasteiger partial charge in [0, 0.05) is 30.3 Å². The molecule has 10 heteroatoms. The van der Waals surface area contributed by atoms with E-state index >= 15 is 0 Å². The summed E-state index contributed by atoms with van der Waals surface area (Å²) < 4.78 is 3.22. The molecule has 1 unspecified atom stereocenters. The van der Waals surface area contributed by atoms with Crippen molar-refractivity contribution in [2.75, 3.05) is 25.0 Å². The Kier molecular flexibility index (Phi) is 7.59. The number of nitrogens with one attached hydrogen (secondary N) is 1. The third-order valence-electron chi connectivity index (χ3n) is 4.67. The second kappa shape index (κ2) is 9.95. The summed E-state index contributed by atoms with van der Waals surface area (Å²) in [6.07, 6.45) is 3.33. The van der Waals surface area contributed by atoms with Gasteiger partial charge in [-0.25, -0.2) is 8.99 Å². The van der Waals surface area contributed by atoms with Gasteiger partial charge in [0.2, 0.25) is 5.91 Å². The Hall–Kier alpha value is -1.58. The fourth-order valence-electron chi connectivity index (χ4n) is 3.07. The maximum atomic E-state index is 12.4. The van der Waals surface area contributed by atoms with Crippen molar-refractivity contribution in [3.05, 3.63) is 50.4 Å². The molecule has 0 bridgehead atoms. The molecule has 1 aromatic heterocycles. The van der Waals surface area contributed by atoms with E-state index in [-0.39, 0.29) is 23.2 Å². The molecule has 2 heterocycles. The summed E-state index contributed by atoms with van der Waals surface area (Å²) in [6.45, 7) is 3.75. The first-order valence-corrected chi connectivity index (χ1v) is 10.8.